The van der Waals surface area contributed by atoms with Gasteiger partial charge in [0.2, 0.25) is 0 Å². The molecule has 1 N–H and O–H groups in total. The molecular weight excluding hydrogens is 251 g/mol. The number of halogens is 2. The SMILES string of the molecule is CC1CC(C)(C)CC1(O)Cc1cccc(Cl)c1F. The van der Waals surface area contributed by atoms with E-state index in [2.05, 4.69) is 13.8 Å². The highest BCUT2D eigenvalue weighted by atomic mass is 35.5. The summed E-state index contributed by atoms with van der Waals surface area (Å²) >= 11 is 5.78. The average molecular weight is 271 g/mol. The fourth-order valence-electron chi connectivity index (χ4n) is 3.35. The topological polar surface area (TPSA) is 20.2 Å². The Kier molecular flexibility index (Phi) is 3.46. The summed E-state index contributed by atoms with van der Waals surface area (Å²) in [6, 6.07) is 4.97. The molecule has 3 heteroatoms. The Labute approximate surface area is 113 Å². The van der Waals surface area contributed by atoms with Gasteiger partial charge >= 0.3 is 0 Å². The van der Waals surface area contributed by atoms with Gasteiger partial charge < -0.3 is 5.11 Å². The second kappa shape index (κ2) is 4.50. The Morgan fingerprint density at radius 1 is 1.44 bits per heavy atom. The number of rotatable bonds is 2. The van der Waals surface area contributed by atoms with Crippen LogP contribution in [0.15, 0.2) is 18.2 Å². The van der Waals surface area contributed by atoms with E-state index in [9.17, 15) is 9.50 Å². The first-order chi connectivity index (χ1) is 8.23. The van der Waals surface area contributed by atoms with Gasteiger partial charge in [-0.2, -0.15) is 0 Å². The number of hydrogen-bond donors (Lipinski definition) is 1. The third kappa shape index (κ3) is 2.55. The lowest BCUT2D eigenvalue weighted by molar-refractivity contribution is 0.00374. The van der Waals surface area contributed by atoms with Gasteiger partial charge in [-0.15, -0.1) is 0 Å². The Morgan fingerprint density at radius 2 is 2.11 bits per heavy atom. The van der Waals surface area contributed by atoms with Crippen LogP contribution in [0.1, 0.15) is 39.2 Å². The zero-order chi connectivity index (χ0) is 13.6. The van der Waals surface area contributed by atoms with Crippen molar-refractivity contribution in [1.82, 2.24) is 0 Å². The van der Waals surface area contributed by atoms with Crippen LogP contribution in [0, 0.1) is 17.2 Å². The number of benzene rings is 1. The van der Waals surface area contributed by atoms with E-state index in [-0.39, 0.29) is 16.4 Å². The minimum atomic E-state index is -0.824. The second-order valence-electron chi connectivity index (χ2n) is 6.44. The zero-order valence-electron chi connectivity index (χ0n) is 11.1. The maximum Gasteiger partial charge on any atom is 0.145 e. The van der Waals surface area contributed by atoms with Crippen LogP contribution < -0.4 is 0 Å². The first-order valence-corrected chi connectivity index (χ1v) is 6.77. The molecule has 0 aromatic heterocycles. The number of aliphatic hydroxyl groups is 1. The fraction of sp³-hybridized carbons (Fsp3) is 0.600. The van der Waals surface area contributed by atoms with Crippen molar-refractivity contribution in [1.29, 1.82) is 0 Å². The molecule has 0 aliphatic heterocycles. The summed E-state index contributed by atoms with van der Waals surface area (Å²) in [4.78, 5) is 0. The summed E-state index contributed by atoms with van der Waals surface area (Å²) in [7, 11) is 0. The standard InChI is InChI=1S/C15H20ClFO/c1-10-7-14(2,3)9-15(10,18)8-11-5-4-6-12(16)13(11)17/h4-6,10,18H,7-9H2,1-3H3. The molecule has 0 spiro atoms. The fourth-order valence-corrected chi connectivity index (χ4v) is 3.54. The quantitative estimate of drug-likeness (QED) is 0.854. The van der Waals surface area contributed by atoms with Gasteiger partial charge in [-0.05, 0) is 35.8 Å². The van der Waals surface area contributed by atoms with Gasteiger partial charge in [0.05, 0.1) is 10.6 Å². The molecule has 0 heterocycles. The predicted molar refractivity (Wildman–Crippen MR) is 72.2 cm³/mol. The highest BCUT2D eigenvalue weighted by Gasteiger charge is 2.47. The summed E-state index contributed by atoms with van der Waals surface area (Å²) in [5.74, 6) is -0.227. The van der Waals surface area contributed by atoms with Crippen molar-refractivity contribution in [2.45, 2.75) is 45.6 Å². The molecule has 0 bridgehead atoms. The summed E-state index contributed by atoms with van der Waals surface area (Å²) in [6.45, 7) is 6.34. The second-order valence-corrected chi connectivity index (χ2v) is 6.85. The van der Waals surface area contributed by atoms with Crippen molar-refractivity contribution in [3.8, 4) is 0 Å². The molecule has 1 fully saturated rings. The van der Waals surface area contributed by atoms with Crippen molar-refractivity contribution in [2.24, 2.45) is 11.3 Å². The van der Waals surface area contributed by atoms with Crippen LogP contribution >= 0.6 is 11.6 Å². The molecule has 1 nitrogen and oxygen atoms in total. The molecule has 2 atom stereocenters. The van der Waals surface area contributed by atoms with E-state index in [0.29, 0.717) is 18.4 Å². The Balaban J connectivity index is 2.26. The Morgan fingerprint density at radius 3 is 2.67 bits per heavy atom. The lowest BCUT2D eigenvalue weighted by Crippen LogP contribution is -2.35. The van der Waals surface area contributed by atoms with Gasteiger partial charge in [0.25, 0.3) is 0 Å². The molecule has 1 aliphatic rings. The Bertz CT molecular complexity index is 458. The van der Waals surface area contributed by atoms with E-state index < -0.39 is 11.4 Å². The molecule has 1 saturated carbocycles. The predicted octanol–water partition coefficient (Wildman–Crippen LogP) is 4.21. The molecule has 1 aromatic carbocycles. The third-order valence-electron chi connectivity index (χ3n) is 4.09. The van der Waals surface area contributed by atoms with Gasteiger partial charge in [0.1, 0.15) is 5.82 Å². The van der Waals surface area contributed by atoms with Gasteiger partial charge in [-0.25, -0.2) is 4.39 Å². The van der Waals surface area contributed by atoms with Gasteiger partial charge in [0, 0.05) is 6.42 Å². The molecule has 1 aromatic rings. The largest absolute Gasteiger partial charge is 0.389 e. The third-order valence-corrected chi connectivity index (χ3v) is 4.38. The molecule has 0 saturated heterocycles. The van der Waals surface area contributed by atoms with E-state index in [0.717, 1.165) is 6.42 Å². The van der Waals surface area contributed by atoms with E-state index in [4.69, 9.17) is 11.6 Å². The van der Waals surface area contributed by atoms with Crippen molar-refractivity contribution >= 4 is 11.6 Å². The monoisotopic (exact) mass is 270 g/mol. The lowest BCUT2D eigenvalue weighted by atomic mass is 9.84. The van der Waals surface area contributed by atoms with E-state index in [1.165, 1.54) is 6.07 Å². The average Bonchev–Trinajstić information content (AvgIpc) is 2.43. The maximum atomic E-state index is 13.9. The summed E-state index contributed by atoms with van der Waals surface area (Å²) in [5.41, 5.74) is -0.201. The first-order valence-electron chi connectivity index (χ1n) is 6.39. The van der Waals surface area contributed by atoms with Gasteiger partial charge in [-0.1, -0.05) is 44.5 Å². The zero-order valence-corrected chi connectivity index (χ0v) is 11.9. The van der Waals surface area contributed by atoms with Crippen LogP contribution in [0.4, 0.5) is 4.39 Å². The molecule has 18 heavy (non-hydrogen) atoms. The van der Waals surface area contributed by atoms with Crippen LogP contribution in [-0.2, 0) is 6.42 Å². The lowest BCUT2D eigenvalue weighted by Gasteiger charge is -2.29. The molecule has 0 amide bonds. The van der Waals surface area contributed by atoms with Crippen LogP contribution in [0.25, 0.3) is 0 Å². The smallest absolute Gasteiger partial charge is 0.145 e. The Hall–Kier alpha value is -0.600. The first kappa shape index (κ1) is 13.8. The minimum Gasteiger partial charge on any atom is -0.389 e. The molecule has 1 aliphatic carbocycles. The summed E-state index contributed by atoms with van der Waals surface area (Å²) in [5, 5.41) is 10.9. The van der Waals surface area contributed by atoms with Crippen LogP contribution in [0.2, 0.25) is 5.02 Å². The van der Waals surface area contributed by atoms with Crippen molar-refractivity contribution in [3.05, 3.63) is 34.6 Å². The van der Waals surface area contributed by atoms with E-state index >= 15 is 0 Å². The highest BCUT2D eigenvalue weighted by Crippen LogP contribution is 2.49. The highest BCUT2D eigenvalue weighted by molar-refractivity contribution is 6.30. The molecule has 100 valence electrons. The molecule has 2 unspecified atom stereocenters. The van der Waals surface area contributed by atoms with Crippen molar-refractivity contribution < 1.29 is 9.50 Å². The normalized spacial score (nSPS) is 30.7. The van der Waals surface area contributed by atoms with Gasteiger partial charge in [-0.3, -0.25) is 0 Å². The molecule has 2 rings (SSSR count). The number of hydrogen-bond acceptors (Lipinski definition) is 1. The molecular formula is C15H20ClFO. The minimum absolute atomic E-state index is 0.114. The summed E-state index contributed by atoms with van der Waals surface area (Å²) < 4.78 is 13.9. The maximum absolute atomic E-state index is 13.9. The van der Waals surface area contributed by atoms with E-state index in [1.54, 1.807) is 12.1 Å². The molecule has 0 radical (unpaired) electrons. The van der Waals surface area contributed by atoms with E-state index in [1.807, 2.05) is 6.92 Å². The van der Waals surface area contributed by atoms with Crippen LogP contribution in [0.3, 0.4) is 0 Å². The summed E-state index contributed by atoms with van der Waals surface area (Å²) in [6.07, 6.45) is 2.00. The van der Waals surface area contributed by atoms with Crippen LogP contribution in [-0.4, -0.2) is 10.7 Å². The van der Waals surface area contributed by atoms with Crippen molar-refractivity contribution in [2.75, 3.05) is 0 Å². The van der Waals surface area contributed by atoms with Gasteiger partial charge in [0.15, 0.2) is 0 Å². The van der Waals surface area contributed by atoms with Crippen LogP contribution in [0.5, 0.6) is 0 Å². The van der Waals surface area contributed by atoms with Crippen molar-refractivity contribution in [3.63, 3.8) is 0 Å².